The molecule has 1 aliphatic heterocycles. The summed E-state index contributed by atoms with van der Waals surface area (Å²) in [6.07, 6.45) is 9.59. The second kappa shape index (κ2) is 5.49. The molecule has 2 heterocycles. The van der Waals surface area contributed by atoms with Gasteiger partial charge in [-0.05, 0) is 56.2 Å². The number of anilines is 1. The van der Waals surface area contributed by atoms with E-state index in [1.807, 2.05) is 19.2 Å². The Hall–Kier alpha value is -1.09. The van der Waals surface area contributed by atoms with Gasteiger partial charge in [0.05, 0.1) is 6.10 Å². The Morgan fingerprint density at radius 1 is 1.26 bits per heavy atom. The smallest absolute Gasteiger partial charge is 0.129 e. The molecule has 0 aromatic carbocycles. The van der Waals surface area contributed by atoms with Gasteiger partial charge in [-0.2, -0.15) is 0 Å². The molecular formula is C16H24N2O. The van der Waals surface area contributed by atoms with Crippen LogP contribution in [0.5, 0.6) is 0 Å². The lowest BCUT2D eigenvalue weighted by molar-refractivity contribution is 0.199. The number of rotatable bonds is 3. The highest BCUT2D eigenvalue weighted by Crippen LogP contribution is 2.37. The van der Waals surface area contributed by atoms with Crippen LogP contribution in [-0.2, 0) is 0 Å². The third kappa shape index (κ3) is 2.62. The molecule has 104 valence electrons. The first kappa shape index (κ1) is 12.9. The van der Waals surface area contributed by atoms with E-state index in [2.05, 4.69) is 16.0 Å². The van der Waals surface area contributed by atoms with Crippen LogP contribution < -0.4 is 4.90 Å². The normalized spacial score (nSPS) is 26.0. The lowest BCUT2D eigenvalue weighted by Crippen LogP contribution is -2.35. The summed E-state index contributed by atoms with van der Waals surface area (Å²) in [5.41, 5.74) is 0.974. The van der Waals surface area contributed by atoms with E-state index < -0.39 is 6.10 Å². The number of hydrogen-bond acceptors (Lipinski definition) is 3. The Morgan fingerprint density at radius 2 is 2.05 bits per heavy atom. The SMILES string of the molecule is CC(O)c1ccnc(N2CCCC2C2CCCC2)c1. The first-order valence-corrected chi connectivity index (χ1v) is 7.66. The van der Waals surface area contributed by atoms with Crippen LogP contribution in [0.2, 0.25) is 0 Å². The average molecular weight is 260 g/mol. The van der Waals surface area contributed by atoms with Crippen LogP contribution in [0, 0.1) is 5.92 Å². The number of hydrogen-bond donors (Lipinski definition) is 1. The Morgan fingerprint density at radius 3 is 2.79 bits per heavy atom. The third-order valence-electron chi connectivity index (χ3n) is 4.79. The molecule has 0 amide bonds. The summed E-state index contributed by atoms with van der Waals surface area (Å²) in [7, 11) is 0. The van der Waals surface area contributed by atoms with Gasteiger partial charge in [0.1, 0.15) is 5.82 Å². The number of aliphatic hydroxyl groups is 1. The maximum Gasteiger partial charge on any atom is 0.129 e. The molecule has 19 heavy (non-hydrogen) atoms. The summed E-state index contributed by atoms with van der Waals surface area (Å²) >= 11 is 0. The van der Waals surface area contributed by atoms with E-state index in [4.69, 9.17) is 0 Å². The molecule has 3 rings (SSSR count). The summed E-state index contributed by atoms with van der Waals surface area (Å²) in [5, 5.41) is 9.72. The van der Waals surface area contributed by atoms with Gasteiger partial charge in [0.2, 0.25) is 0 Å². The van der Waals surface area contributed by atoms with Crippen molar-refractivity contribution in [2.24, 2.45) is 5.92 Å². The van der Waals surface area contributed by atoms with E-state index in [0.717, 1.165) is 23.8 Å². The van der Waals surface area contributed by atoms with Crippen LogP contribution in [-0.4, -0.2) is 22.7 Å². The van der Waals surface area contributed by atoms with E-state index in [1.165, 1.54) is 38.5 Å². The minimum atomic E-state index is -0.408. The second-order valence-corrected chi connectivity index (χ2v) is 6.07. The number of nitrogens with zero attached hydrogens (tertiary/aromatic N) is 2. The van der Waals surface area contributed by atoms with Crippen molar-refractivity contribution < 1.29 is 5.11 Å². The molecule has 3 nitrogen and oxygen atoms in total. The maximum absolute atomic E-state index is 9.72. The Kier molecular flexibility index (Phi) is 3.74. The van der Waals surface area contributed by atoms with Crippen molar-refractivity contribution in [2.45, 2.75) is 57.6 Å². The van der Waals surface area contributed by atoms with Gasteiger partial charge in [0.15, 0.2) is 0 Å². The average Bonchev–Trinajstić information content (AvgIpc) is 3.09. The molecule has 1 saturated carbocycles. The van der Waals surface area contributed by atoms with Crippen LogP contribution in [0.4, 0.5) is 5.82 Å². The van der Waals surface area contributed by atoms with Crippen molar-refractivity contribution in [1.82, 2.24) is 4.98 Å². The molecule has 0 radical (unpaired) electrons. The van der Waals surface area contributed by atoms with Gasteiger partial charge in [0.25, 0.3) is 0 Å². The van der Waals surface area contributed by atoms with Gasteiger partial charge in [0, 0.05) is 18.8 Å². The Bertz CT molecular complexity index is 427. The topological polar surface area (TPSA) is 36.4 Å². The van der Waals surface area contributed by atoms with Crippen LogP contribution in [0.3, 0.4) is 0 Å². The fraction of sp³-hybridized carbons (Fsp3) is 0.688. The maximum atomic E-state index is 9.72. The van der Waals surface area contributed by atoms with E-state index in [0.29, 0.717) is 6.04 Å². The van der Waals surface area contributed by atoms with E-state index in [1.54, 1.807) is 0 Å². The number of pyridine rings is 1. The lowest BCUT2D eigenvalue weighted by atomic mass is 9.96. The van der Waals surface area contributed by atoms with Gasteiger partial charge in [-0.25, -0.2) is 4.98 Å². The van der Waals surface area contributed by atoms with Gasteiger partial charge in [-0.15, -0.1) is 0 Å². The zero-order valence-corrected chi connectivity index (χ0v) is 11.8. The van der Waals surface area contributed by atoms with Crippen molar-refractivity contribution in [3.05, 3.63) is 23.9 Å². The molecule has 0 spiro atoms. The predicted octanol–water partition coefficient (Wildman–Crippen LogP) is 3.29. The molecule has 1 aromatic rings. The highest BCUT2D eigenvalue weighted by molar-refractivity contribution is 5.44. The largest absolute Gasteiger partial charge is 0.389 e. The van der Waals surface area contributed by atoms with Crippen molar-refractivity contribution in [2.75, 3.05) is 11.4 Å². The molecule has 1 N–H and O–H groups in total. The highest BCUT2D eigenvalue weighted by atomic mass is 16.3. The number of aliphatic hydroxyl groups excluding tert-OH is 1. The van der Waals surface area contributed by atoms with Gasteiger partial charge >= 0.3 is 0 Å². The minimum Gasteiger partial charge on any atom is -0.389 e. The van der Waals surface area contributed by atoms with E-state index in [-0.39, 0.29) is 0 Å². The molecular weight excluding hydrogens is 236 g/mol. The molecule has 3 heteroatoms. The summed E-state index contributed by atoms with van der Waals surface area (Å²) < 4.78 is 0. The zero-order valence-electron chi connectivity index (χ0n) is 11.8. The zero-order chi connectivity index (χ0) is 13.2. The summed E-state index contributed by atoms with van der Waals surface area (Å²) in [6.45, 7) is 2.94. The monoisotopic (exact) mass is 260 g/mol. The molecule has 0 bridgehead atoms. The van der Waals surface area contributed by atoms with Crippen LogP contribution in [0.15, 0.2) is 18.3 Å². The standard InChI is InChI=1S/C16H24N2O/c1-12(19)14-8-9-17-16(11-14)18-10-4-7-15(18)13-5-2-3-6-13/h8-9,11-13,15,19H,2-7,10H2,1H3. The summed E-state index contributed by atoms with van der Waals surface area (Å²) in [4.78, 5) is 7.03. The molecule has 1 aliphatic carbocycles. The first-order chi connectivity index (χ1) is 9.25. The second-order valence-electron chi connectivity index (χ2n) is 6.07. The summed E-state index contributed by atoms with van der Waals surface area (Å²) in [6, 6.07) is 4.66. The van der Waals surface area contributed by atoms with Crippen LogP contribution in [0.25, 0.3) is 0 Å². The van der Waals surface area contributed by atoms with Crippen molar-refractivity contribution in [1.29, 1.82) is 0 Å². The van der Waals surface area contributed by atoms with E-state index >= 15 is 0 Å². The van der Waals surface area contributed by atoms with Crippen molar-refractivity contribution >= 4 is 5.82 Å². The molecule has 2 atom stereocenters. The van der Waals surface area contributed by atoms with E-state index in [9.17, 15) is 5.11 Å². The minimum absolute atomic E-state index is 0.408. The quantitative estimate of drug-likeness (QED) is 0.906. The third-order valence-corrected chi connectivity index (χ3v) is 4.79. The molecule has 2 unspecified atom stereocenters. The number of aromatic nitrogens is 1. The molecule has 2 fully saturated rings. The Balaban J connectivity index is 1.81. The molecule has 1 aromatic heterocycles. The van der Waals surface area contributed by atoms with Crippen molar-refractivity contribution in [3.63, 3.8) is 0 Å². The molecule has 2 aliphatic rings. The molecule has 1 saturated heterocycles. The van der Waals surface area contributed by atoms with Crippen LogP contribution in [0.1, 0.15) is 57.1 Å². The van der Waals surface area contributed by atoms with Crippen LogP contribution >= 0.6 is 0 Å². The fourth-order valence-electron chi connectivity index (χ4n) is 3.76. The van der Waals surface area contributed by atoms with Gasteiger partial charge in [-0.1, -0.05) is 12.8 Å². The summed E-state index contributed by atoms with van der Waals surface area (Å²) in [5.74, 6) is 1.92. The fourth-order valence-corrected chi connectivity index (χ4v) is 3.76. The lowest BCUT2D eigenvalue weighted by Gasteiger charge is -2.30. The van der Waals surface area contributed by atoms with Crippen molar-refractivity contribution in [3.8, 4) is 0 Å². The van der Waals surface area contributed by atoms with Gasteiger partial charge < -0.3 is 10.0 Å². The highest BCUT2D eigenvalue weighted by Gasteiger charge is 2.33. The first-order valence-electron chi connectivity index (χ1n) is 7.66. The van der Waals surface area contributed by atoms with Gasteiger partial charge in [-0.3, -0.25) is 0 Å². The Labute approximate surface area is 115 Å². The predicted molar refractivity (Wildman–Crippen MR) is 77.2 cm³/mol.